The summed E-state index contributed by atoms with van der Waals surface area (Å²) < 4.78 is 39.1. The number of hydrogen-bond acceptors (Lipinski definition) is 3. The molecule has 0 radical (unpaired) electrons. The van der Waals surface area contributed by atoms with Gasteiger partial charge in [0.2, 0.25) is 10.0 Å². The fourth-order valence-corrected chi connectivity index (χ4v) is 3.29. The van der Waals surface area contributed by atoms with Gasteiger partial charge in [0.15, 0.2) is 0 Å². The van der Waals surface area contributed by atoms with E-state index >= 15 is 0 Å². The van der Waals surface area contributed by atoms with Gasteiger partial charge in [-0.3, -0.25) is 0 Å². The first-order chi connectivity index (χ1) is 7.93. The molecule has 1 aromatic rings. The number of halogens is 1. The maximum atomic E-state index is 13.6. The number of hydrogen-bond donors (Lipinski definition) is 1. The van der Waals surface area contributed by atoms with Crippen LogP contribution in [-0.2, 0) is 10.0 Å². The highest BCUT2D eigenvalue weighted by Gasteiger charge is 2.33. The second kappa shape index (κ2) is 4.27. The van der Waals surface area contributed by atoms with Crippen molar-refractivity contribution in [3.8, 4) is 0 Å². The zero-order valence-electron chi connectivity index (χ0n) is 9.56. The van der Waals surface area contributed by atoms with E-state index in [2.05, 4.69) is 0 Å². The van der Waals surface area contributed by atoms with E-state index in [1.165, 1.54) is 23.5 Å². The van der Waals surface area contributed by atoms with Crippen LogP contribution in [0.25, 0.3) is 0 Å². The van der Waals surface area contributed by atoms with Gasteiger partial charge in [-0.2, -0.15) is 4.31 Å². The molecule has 0 saturated heterocycles. The number of nitrogen functional groups attached to an aromatic ring is 1. The molecular weight excluding hydrogens is 243 g/mol. The maximum Gasteiger partial charge on any atom is 0.245 e. The molecule has 0 amide bonds. The Morgan fingerprint density at radius 3 is 2.53 bits per heavy atom. The summed E-state index contributed by atoms with van der Waals surface area (Å²) in [5, 5.41) is 0. The van der Waals surface area contributed by atoms with E-state index in [-0.39, 0.29) is 16.6 Å². The van der Waals surface area contributed by atoms with Crippen molar-refractivity contribution in [1.29, 1.82) is 0 Å². The molecule has 0 spiro atoms. The molecule has 0 unspecified atom stereocenters. The van der Waals surface area contributed by atoms with Crippen molar-refractivity contribution >= 4 is 15.7 Å². The van der Waals surface area contributed by atoms with Crippen LogP contribution in [-0.4, -0.2) is 25.8 Å². The normalized spacial score (nSPS) is 17.1. The smallest absolute Gasteiger partial charge is 0.245 e. The van der Waals surface area contributed by atoms with E-state index in [1.54, 1.807) is 0 Å². The Balaban J connectivity index is 2.36. The lowest BCUT2D eigenvalue weighted by molar-refractivity contribution is 0.249. The number of benzene rings is 1. The van der Waals surface area contributed by atoms with E-state index in [4.69, 9.17) is 5.73 Å². The molecule has 1 saturated carbocycles. The van der Waals surface area contributed by atoms with Gasteiger partial charge in [0.25, 0.3) is 0 Å². The van der Waals surface area contributed by atoms with Gasteiger partial charge in [-0.25, -0.2) is 12.8 Å². The minimum absolute atomic E-state index is 0.00282. The Bertz CT molecular complexity index is 526. The van der Waals surface area contributed by atoms with Crippen molar-refractivity contribution < 1.29 is 12.8 Å². The van der Waals surface area contributed by atoms with Crippen molar-refractivity contribution in [2.45, 2.75) is 30.2 Å². The van der Waals surface area contributed by atoms with Crippen molar-refractivity contribution in [3.63, 3.8) is 0 Å². The van der Waals surface area contributed by atoms with Crippen LogP contribution in [0, 0.1) is 5.82 Å². The third-order valence-corrected chi connectivity index (χ3v) is 5.15. The Morgan fingerprint density at radius 2 is 2.06 bits per heavy atom. The number of rotatable bonds is 3. The van der Waals surface area contributed by atoms with Gasteiger partial charge in [-0.1, -0.05) is 6.42 Å². The first-order valence-corrected chi connectivity index (χ1v) is 6.90. The van der Waals surface area contributed by atoms with Gasteiger partial charge in [-0.15, -0.1) is 0 Å². The molecule has 1 aliphatic rings. The molecular formula is C11H15FN2O2S. The molecule has 17 heavy (non-hydrogen) atoms. The van der Waals surface area contributed by atoms with Gasteiger partial charge >= 0.3 is 0 Å². The Kier molecular flexibility index (Phi) is 3.09. The molecule has 2 rings (SSSR count). The van der Waals surface area contributed by atoms with Crippen LogP contribution in [0.2, 0.25) is 0 Å². The lowest BCUT2D eigenvalue weighted by Gasteiger charge is -2.33. The molecule has 4 nitrogen and oxygen atoms in total. The SMILES string of the molecule is CN(C1CCC1)S(=O)(=O)c1ccc(N)cc1F. The van der Waals surface area contributed by atoms with Crippen LogP contribution in [0.5, 0.6) is 0 Å². The third kappa shape index (κ3) is 2.14. The predicted octanol–water partition coefficient (Wildman–Crippen LogP) is 1.58. The van der Waals surface area contributed by atoms with Gasteiger partial charge in [0.05, 0.1) is 0 Å². The third-order valence-electron chi connectivity index (χ3n) is 3.20. The fraction of sp³-hybridized carbons (Fsp3) is 0.455. The molecule has 1 aromatic carbocycles. The lowest BCUT2D eigenvalue weighted by atomic mass is 9.94. The molecule has 0 heterocycles. The topological polar surface area (TPSA) is 63.4 Å². The molecule has 0 atom stereocenters. The number of sulfonamides is 1. The summed E-state index contributed by atoms with van der Waals surface area (Å²) in [6.07, 6.45) is 2.70. The molecule has 94 valence electrons. The van der Waals surface area contributed by atoms with E-state index in [0.717, 1.165) is 25.3 Å². The predicted molar refractivity (Wildman–Crippen MR) is 63.4 cm³/mol. The second-order valence-corrected chi connectivity index (χ2v) is 6.26. The Labute approximate surface area is 100 Å². The zero-order valence-corrected chi connectivity index (χ0v) is 10.4. The quantitative estimate of drug-likeness (QED) is 0.837. The average molecular weight is 258 g/mol. The molecule has 2 N–H and O–H groups in total. The summed E-state index contributed by atoms with van der Waals surface area (Å²) in [6.45, 7) is 0. The Hall–Kier alpha value is -1.14. The van der Waals surface area contributed by atoms with Crippen LogP contribution in [0.15, 0.2) is 23.1 Å². The van der Waals surface area contributed by atoms with E-state index in [0.29, 0.717) is 0 Å². The molecule has 1 aliphatic carbocycles. The number of nitrogens with zero attached hydrogens (tertiary/aromatic N) is 1. The number of anilines is 1. The van der Waals surface area contributed by atoms with Gasteiger partial charge in [0.1, 0.15) is 10.7 Å². The van der Waals surface area contributed by atoms with Crippen molar-refractivity contribution in [2.75, 3.05) is 12.8 Å². The first-order valence-electron chi connectivity index (χ1n) is 5.46. The van der Waals surface area contributed by atoms with Crippen molar-refractivity contribution in [2.24, 2.45) is 0 Å². The minimum atomic E-state index is -3.74. The highest BCUT2D eigenvalue weighted by atomic mass is 32.2. The second-order valence-electron chi connectivity index (χ2n) is 4.30. The van der Waals surface area contributed by atoms with Crippen LogP contribution >= 0.6 is 0 Å². The van der Waals surface area contributed by atoms with Gasteiger partial charge < -0.3 is 5.73 Å². The van der Waals surface area contributed by atoms with Crippen molar-refractivity contribution in [3.05, 3.63) is 24.0 Å². The summed E-state index contributed by atoms with van der Waals surface area (Å²) in [7, 11) is -2.25. The lowest BCUT2D eigenvalue weighted by Crippen LogP contribution is -2.41. The van der Waals surface area contributed by atoms with Crippen LogP contribution in [0.4, 0.5) is 10.1 Å². The molecule has 0 aliphatic heterocycles. The van der Waals surface area contributed by atoms with Crippen molar-refractivity contribution in [1.82, 2.24) is 4.31 Å². The van der Waals surface area contributed by atoms with Gasteiger partial charge in [-0.05, 0) is 31.0 Å². The summed E-state index contributed by atoms with van der Waals surface area (Å²) in [5.41, 5.74) is 5.61. The molecule has 0 bridgehead atoms. The summed E-state index contributed by atoms with van der Waals surface area (Å²) in [4.78, 5) is -0.305. The van der Waals surface area contributed by atoms with E-state index in [1.807, 2.05) is 0 Å². The highest BCUT2D eigenvalue weighted by Crippen LogP contribution is 2.29. The van der Waals surface area contributed by atoms with E-state index < -0.39 is 15.8 Å². The largest absolute Gasteiger partial charge is 0.399 e. The fourth-order valence-electron chi connectivity index (χ4n) is 1.83. The molecule has 6 heteroatoms. The summed E-state index contributed by atoms with van der Waals surface area (Å²) >= 11 is 0. The first kappa shape index (κ1) is 12.3. The molecule has 1 fully saturated rings. The monoisotopic (exact) mass is 258 g/mol. The van der Waals surface area contributed by atoms with Crippen LogP contribution < -0.4 is 5.73 Å². The average Bonchev–Trinajstić information content (AvgIpc) is 2.13. The standard InChI is InChI=1S/C11H15FN2O2S/c1-14(9-3-2-4-9)17(15,16)11-6-5-8(13)7-10(11)12/h5-7,9H,2-4,13H2,1H3. The Morgan fingerprint density at radius 1 is 1.41 bits per heavy atom. The zero-order chi connectivity index (χ0) is 12.6. The summed E-state index contributed by atoms with van der Waals surface area (Å²) in [5.74, 6) is -0.795. The van der Waals surface area contributed by atoms with Gasteiger partial charge in [0, 0.05) is 18.8 Å². The summed E-state index contributed by atoms with van der Waals surface area (Å²) in [6, 6.07) is 3.64. The minimum Gasteiger partial charge on any atom is -0.399 e. The number of nitrogens with two attached hydrogens (primary N) is 1. The van der Waals surface area contributed by atoms with E-state index in [9.17, 15) is 12.8 Å². The van der Waals surface area contributed by atoms with Crippen LogP contribution in [0.1, 0.15) is 19.3 Å². The maximum absolute atomic E-state index is 13.6. The van der Waals surface area contributed by atoms with Crippen LogP contribution in [0.3, 0.4) is 0 Å². The molecule has 0 aromatic heterocycles. The highest BCUT2D eigenvalue weighted by molar-refractivity contribution is 7.89.